The van der Waals surface area contributed by atoms with E-state index in [0.29, 0.717) is 49.8 Å². The molecule has 8 rings (SSSR count). The summed E-state index contributed by atoms with van der Waals surface area (Å²) < 4.78 is 32.5. The van der Waals surface area contributed by atoms with Crippen LogP contribution in [0.4, 0.5) is 0 Å². The normalized spacial score (nSPS) is 27.1. The van der Waals surface area contributed by atoms with Crippen LogP contribution in [-0.4, -0.2) is 103 Å². The van der Waals surface area contributed by atoms with Crippen LogP contribution in [0.25, 0.3) is 0 Å². The van der Waals surface area contributed by atoms with E-state index in [4.69, 9.17) is 33.7 Å². The number of aliphatic hydroxyl groups is 2. The fourth-order valence-electron chi connectivity index (χ4n) is 10.8. The van der Waals surface area contributed by atoms with E-state index < -0.39 is 11.8 Å². The first-order chi connectivity index (χ1) is 29.5. The molecule has 6 atom stereocenters. The number of carbonyl (C=O) groups excluding carboxylic acids is 1. The summed E-state index contributed by atoms with van der Waals surface area (Å²) in [5, 5.41) is 24.6. The second-order valence-corrected chi connectivity index (χ2v) is 17.5. The lowest BCUT2D eigenvalue weighted by Gasteiger charge is -2.60. The van der Waals surface area contributed by atoms with Gasteiger partial charge in [0.05, 0.1) is 18.2 Å². The first-order valence-corrected chi connectivity index (χ1v) is 22.6. The van der Waals surface area contributed by atoms with E-state index in [-0.39, 0.29) is 56.2 Å². The Morgan fingerprint density at radius 1 is 1.00 bits per heavy atom. The number of hydrogen-bond donors (Lipinski definition) is 2. The molecule has 2 aromatic carbocycles. The second-order valence-electron chi connectivity index (χ2n) is 17.5. The highest BCUT2D eigenvalue weighted by molar-refractivity contribution is 6.03. The number of amides is 1. The van der Waals surface area contributed by atoms with Crippen molar-refractivity contribution >= 4 is 11.6 Å². The smallest absolute Gasteiger partial charge is 0.239 e. The summed E-state index contributed by atoms with van der Waals surface area (Å²) in [7, 11) is 1.58. The predicted molar refractivity (Wildman–Crippen MR) is 228 cm³/mol. The fourth-order valence-corrected chi connectivity index (χ4v) is 10.8. The molecule has 2 N–H and O–H groups in total. The van der Waals surface area contributed by atoms with Crippen molar-refractivity contribution in [3.63, 3.8) is 0 Å². The molecule has 1 saturated heterocycles. The molecule has 3 heterocycles. The van der Waals surface area contributed by atoms with E-state index in [1.54, 1.807) is 13.2 Å². The Balaban J connectivity index is 1.27. The van der Waals surface area contributed by atoms with Gasteiger partial charge in [-0.2, -0.15) is 0 Å². The van der Waals surface area contributed by atoms with E-state index in [0.717, 1.165) is 105 Å². The number of nitrogens with zero attached hydrogens (tertiary/aromatic N) is 3. The summed E-state index contributed by atoms with van der Waals surface area (Å²) in [5.41, 5.74) is 3.79. The Labute approximate surface area is 355 Å². The number of aliphatic hydroxyl groups excluding tert-OH is 2. The number of unbranched alkanes of at least 4 members (excludes halogenated alkanes) is 2. The molecule has 12 heteroatoms. The van der Waals surface area contributed by atoms with E-state index in [2.05, 4.69) is 23.6 Å². The molecular weight excluding hydrogens is 763 g/mol. The van der Waals surface area contributed by atoms with Gasteiger partial charge in [0, 0.05) is 63.7 Å². The zero-order chi connectivity index (χ0) is 41.5. The zero-order valence-corrected chi connectivity index (χ0v) is 35.4. The van der Waals surface area contributed by atoms with E-state index in [1.165, 1.54) is 12.8 Å². The number of carbonyl (C=O) groups is 1. The van der Waals surface area contributed by atoms with Crippen LogP contribution in [0.5, 0.6) is 23.0 Å². The molecule has 2 saturated carbocycles. The standard InChI is InChI=1S/C48H65N3O9/c1-3-25-59-48-44(51(45(54)19-15-33-10-4-5-11-33)31-34-14-17-42-43(27-34)58-32-57-42)30-40(49-55-2)38-28-35(12-6-8-23-52)37(13-7-9-24-53)46(47(38)48)39-29-36(16-18-41(39)60-48)56-26-22-50-20-21-50/h3,14,16-18,27-29,33,35,37,44,46-47,52-53H,1,4-13,15,19-26,30-32H2,2H3. The summed E-state index contributed by atoms with van der Waals surface area (Å²) in [6.07, 6.45) is 15.4. The maximum Gasteiger partial charge on any atom is 0.239 e. The van der Waals surface area contributed by atoms with Gasteiger partial charge in [-0.25, -0.2) is 0 Å². The third-order valence-corrected chi connectivity index (χ3v) is 13.8. The highest BCUT2D eigenvalue weighted by Gasteiger charge is 2.65. The minimum atomic E-state index is -1.32. The van der Waals surface area contributed by atoms with Crippen LogP contribution in [-0.2, 0) is 20.9 Å². The van der Waals surface area contributed by atoms with E-state index in [1.807, 2.05) is 35.2 Å². The van der Waals surface area contributed by atoms with Gasteiger partial charge in [0.2, 0.25) is 18.5 Å². The second kappa shape index (κ2) is 19.7. The first-order valence-electron chi connectivity index (χ1n) is 22.6. The molecule has 6 aliphatic rings. The van der Waals surface area contributed by atoms with Crippen LogP contribution >= 0.6 is 0 Å². The molecule has 1 amide bonds. The van der Waals surface area contributed by atoms with Crippen LogP contribution in [0.3, 0.4) is 0 Å². The van der Waals surface area contributed by atoms with Crippen LogP contribution in [0.1, 0.15) is 101 Å². The van der Waals surface area contributed by atoms with Crippen LogP contribution in [0.15, 0.2) is 65.9 Å². The fraction of sp³-hybridized carbons (Fsp3) is 0.625. The molecule has 2 aromatic rings. The van der Waals surface area contributed by atoms with Crippen molar-refractivity contribution < 1.29 is 43.5 Å². The third-order valence-electron chi connectivity index (χ3n) is 13.8. The monoisotopic (exact) mass is 827 g/mol. The molecule has 12 nitrogen and oxygen atoms in total. The quantitative estimate of drug-likeness (QED) is 0.0537. The lowest BCUT2D eigenvalue weighted by Crippen LogP contribution is -2.70. The summed E-state index contributed by atoms with van der Waals surface area (Å²) >= 11 is 0. The Morgan fingerprint density at radius 3 is 2.55 bits per heavy atom. The number of ether oxygens (including phenoxy) is 5. The number of hydrogen-bond acceptors (Lipinski definition) is 11. The molecule has 3 aliphatic carbocycles. The number of rotatable bonds is 22. The topological polar surface area (TPSA) is 132 Å². The molecule has 326 valence electrons. The van der Waals surface area contributed by atoms with Crippen molar-refractivity contribution in [3.8, 4) is 23.0 Å². The third kappa shape index (κ3) is 9.22. The van der Waals surface area contributed by atoms with Crippen molar-refractivity contribution in [2.24, 2.45) is 28.8 Å². The van der Waals surface area contributed by atoms with E-state index in [9.17, 15) is 10.2 Å². The lowest BCUT2D eigenvalue weighted by atomic mass is 9.55. The van der Waals surface area contributed by atoms with Crippen molar-refractivity contribution in [3.05, 3.63) is 71.8 Å². The maximum atomic E-state index is 15.1. The first kappa shape index (κ1) is 42.6. The Kier molecular flexibility index (Phi) is 14.0. The summed E-state index contributed by atoms with van der Waals surface area (Å²) in [4.78, 5) is 25.1. The lowest BCUT2D eigenvalue weighted by molar-refractivity contribution is -0.258. The van der Waals surface area contributed by atoms with Gasteiger partial charge in [-0.1, -0.05) is 61.9 Å². The zero-order valence-electron chi connectivity index (χ0n) is 35.4. The van der Waals surface area contributed by atoms with Crippen LogP contribution in [0.2, 0.25) is 0 Å². The summed E-state index contributed by atoms with van der Waals surface area (Å²) in [5.74, 6) is 1.94. The molecule has 3 fully saturated rings. The Morgan fingerprint density at radius 2 is 1.78 bits per heavy atom. The van der Waals surface area contributed by atoms with Crippen LogP contribution in [0, 0.1) is 23.7 Å². The van der Waals surface area contributed by atoms with Gasteiger partial charge < -0.3 is 43.6 Å². The van der Waals surface area contributed by atoms with Gasteiger partial charge in [0.15, 0.2) is 11.5 Å². The highest BCUT2D eigenvalue weighted by atomic mass is 16.7. The number of benzene rings is 2. The molecule has 6 unspecified atom stereocenters. The van der Waals surface area contributed by atoms with Gasteiger partial charge >= 0.3 is 0 Å². The van der Waals surface area contributed by atoms with Crippen molar-refractivity contribution in [2.45, 2.75) is 108 Å². The minimum Gasteiger partial charge on any atom is -0.492 e. The number of allylic oxidation sites excluding steroid dienone is 1. The van der Waals surface area contributed by atoms with Gasteiger partial charge in [0.25, 0.3) is 0 Å². The molecule has 60 heavy (non-hydrogen) atoms. The molecule has 3 aliphatic heterocycles. The van der Waals surface area contributed by atoms with Gasteiger partial charge in [-0.05, 0) is 91.3 Å². The van der Waals surface area contributed by atoms with Crippen LogP contribution < -0.4 is 18.9 Å². The number of oxime groups is 1. The van der Waals surface area contributed by atoms with Gasteiger partial charge in [-0.15, -0.1) is 6.58 Å². The average Bonchev–Trinajstić information content (AvgIpc) is 3.70. The molecule has 0 spiro atoms. The predicted octanol–water partition coefficient (Wildman–Crippen LogP) is 7.37. The maximum absolute atomic E-state index is 15.1. The van der Waals surface area contributed by atoms with Crippen molar-refractivity contribution in [1.82, 2.24) is 9.80 Å². The SMILES string of the molecule is C=CCOC12Oc3ccc(OCCN4CC4)cc3C3C(CCCCO)C(CCCCO)C=C(C(=NOC)CC1N(Cc1ccc4c(c1)OCO4)C(=O)CCC1CCCC1)C32. The Hall–Kier alpha value is -4.10. The van der Waals surface area contributed by atoms with Gasteiger partial charge in [0.1, 0.15) is 31.3 Å². The minimum absolute atomic E-state index is 0.0497. The molecule has 0 bridgehead atoms. The van der Waals surface area contributed by atoms with E-state index >= 15 is 4.79 Å². The van der Waals surface area contributed by atoms with Crippen molar-refractivity contribution in [1.29, 1.82) is 0 Å². The van der Waals surface area contributed by atoms with Gasteiger partial charge in [-0.3, -0.25) is 9.69 Å². The molecule has 0 radical (unpaired) electrons. The summed E-state index contributed by atoms with van der Waals surface area (Å²) in [6, 6.07) is 11.5. The Bertz CT molecular complexity index is 1860. The van der Waals surface area contributed by atoms with Crippen molar-refractivity contribution in [2.75, 3.05) is 60.0 Å². The molecule has 0 aromatic heterocycles. The molecular formula is C48H65N3O9. The highest BCUT2D eigenvalue weighted by Crippen LogP contribution is 2.62. The number of fused-ring (bicyclic) bond motifs is 3. The summed E-state index contributed by atoms with van der Waals surface area (Å²) in [6.45, 7) is 8.74. The average molecular weight is 828 g/mol. The largest absolute Gasteiger partial charge is 0.492 e.